The molecule has 0 spiro atoms. The second-order valence-electron chi connectivity index (χ2n) is 4.16. The average molecular weight is 268 g/mol. The molecule has 5 heteroatoms. The molecule has 2 aromatic rings. The second kappa shape index (κ2) is 6.38. The molecule has 0 fully saturated rings. The minimum Gasteiger partial charge on any atom is -0.444 e. The molecule has 0 bridgehead atoms. The van der Waals surface area contributed by atoms with Crippen LogP contribution in [-0.2, 0) is 9.53 Å². The molecule has 0 aliphatic carbocycles. The normalized spacial score (nSPS) is 11.4. The van der Waals surface area contributed by atoms with Gasteiger partial charge in [-0.15, -0.1) is 0 Å². The first-order valence-electron chi connectivity index (χ1n) is 5.99. The number of ether oxygens (including phenoxy) is 1. The Bertz CT molecular complexity index is 599. The maximum absolute atomic E-state index is 10.6. The monoisotopic (exact) mass is 268 g/mol. The Kier molecular flexibility index (Phi) is 4.34. The molecule has 4 N–H and O–H groups in total. The van der Waals surface area contributed by atoms with E-state index in [2.05, 4.69) is 5.32 Å². The highest BCUT2D eigenvalue weighted by Gasteiger charge is 2.15. The first-order valence-corrected chi connectivity index (χ1v) is 5.99. The summed E-state index contributed by atoms with van der Waals surface area (Å²) in [4.78, 5) is 10.6. The van der Waals surface area contributed by atoms with Crippen LogP contribution in [0.5, 0.6) is 0 Å². The van der Waals surface area contributed by atoms with Crippen LogP contribution >= 0.6 is 0 Å². The molecule has 0 aliphatic rings. The maximum Gasteiger partial charge on any atom is 0.418 e. The fraction of sp³-hybridized carbons (Fsp3) is 0.0667. The lowest BCUT2D eigenvalue weighted by Gasteiger charge is -2.16. The SMILES string of the molecule is N=C(N)Nc1cccc(C(O[C]=O)c2ccccc2)c1. The minimum absolute atomic E-state index is 0.152. The Labute approximate surface area is 116 Å². The summed E-state index contributed by atoms with van der Waals surface area (Å²) in [5.41, 5.74) is 7.57. The molecule has 0 aromatic heterocycles. The number of benzene rings is 2. The van der Waals surface area contributed by atoms with Gasteiger partial charge >= 0.3 is 6.47 Å². The highest BCUT2D eigenvalue weighted by atomic mass is 16.5. The van der Waals surface area contributed by atoms with Crippen molar-refractivity contribution in [3.8, 4) is 0 Å². The number of hydrogen-bond acceptors (Lipinski definition) is 3. The Morgan fingerprint density at radius 2 is 1.85 bits per heavy atom. The van der Waals surface area contributed by atoms with Gasteiger partial charge in [0.1, 0.15) is 0 Å². The standard InChI is InChI=1S/C15H14N3O2/c16-15(17)18-13-8-4-7-12(9-13)14(20-10-19)11-5-2-1-3-6-11/h1-9,14H,(H4,16,17,18). The van der Waals surface area contributed by atoms with Crippen LogP contribution < -0.4 is 11.1 Å². The summed E-state index contributed by atoms with van der Waals surface area (Å²) in [6.07, 6.45) is -0.539. The number of hydrogen-bond donors (Lipinski definition) is 3. The van der Waals surface area contributed by atoms with Crippen molar-refractivity contribution in [2.75, 3.05) is 5.32 Å². The van der Waals surface area contributed by atoms with Gasteiger partial charge in [-0.1, -0.05) is 42.5 Å². The van der Waals surface area contributed by atoms with Crippen molar-refractivity contribution >= 4 is 18.1 Å². The maximum atomic E-state index is 10.6. The van der Waals surface area contributed by atoms with E-state index in [1.165, 1.54) is 6.47 Å². The van der Waals surface area contributed by atoms with Crippen molar-refractivity contribution in [1.82, 2.24) is 0 Å². The number of nitrogens with two attached hydrogens (primary N) is 1. The molecular weight excluding hydrogens is 254 g/mol. The van der Waals surface area contributed by atoms with Gasteiger partial charge in [-0.25, -0.2) is 4.79 Å². The van der Waals surface area contributed by atoms with Crippen LogP contribution in [0.25, 0.3) is 0 Å². The largest absolute Gasteiger partial charge is 0.444 e. The molecule has 1 unspecified atom stereocenters. The van der Waals surface area contributed by atoms with Crippen molar-refractivity contribution < 1.29 is 9.53 Å². The number of nitrogens with one attached hydrogen (secondary N) is 2. The number of rotatable bonds is 5. The van der Waals surface area contributed by atoms with Crippen LogP contribution in [-0.4, -0.2) is 12.4 Å². The van der Waals surface area contributed by atoms with Crippen LogP contribution in [0.2, 0.25) is 0 Å². The molecule has 2 rings (SSSR count). The number of carbonyl (C=O) groups excluding carboxylic acids is 1. The highest BCUT2D eigenvalue weighted by molar-refractivity contribution is 5.89. The van der Waals surface area contributed by atoms with E-state index in [0.29, 0.717) is 5.69 Å². The lowest BCUT2D eigenvalue weighted by molar-refractivity contribution is 0.216. The second-order valence-corrected chi connectivity index (χ2v) is 4.16. The van der Waals surface area contributed by atoms with Gasteiger partial charge in [-0.05, 0) is 23.3 Å². The van der Waals surface area contributed by atoms with Gasteiger partial charge < -0.3 is 15.8 Å². The molecule has 20 heavy (non-hydrogen) atoms. The summed E-state index contributed by atoms with van der Waals surface area (Å²) in [7, 11) is 0. The Hall–Kier alpha value is -2.82. The van der Waals surface area contributed by atoms with Gasteiger partial charge in [0.2, 0.25) is 0 Å². The van der Waals surface area contributed by atoms with E-state index in [1.54, 1.807) is 18.2 Å². The van der Waals surface area contributed by atoms with Crippen molar-refractivity contribution in [2.24, 2.45) is 5.73 Å². The first-order chi connectivity index (χ1) is 9.70. The third-order valence-corrected chi connectivity index (χ3v) is 2.74. The average Bonchev–Trinajstić information content (AvgIpc) is 2.45. The minimum atomic E-state index is -0.539. The smallest absolute Gasteiger partial charge is 0.418 e. The van der Waals surface area contributed by atoms with E-state index >= 15 is 0 Å². The fourth-order valence-corrected chi connectivity index (χ4v) is 1.94. The van der Waals surface area contributed by atoms with E-state index < -0.39 is 6.10 Å². The van der Waals surface area contributed by atoms with Crippen molar-refractivity contribution in [3.05, 3.63) is 65.7 Å². The Morgan fingerprint density at radius 3 is 2.50 bits per heavy atom. The molecule has 2 aromatic carbocycles. The molecule has 0 aliphatic heterocycles. The van der Waals surface area contributed by atoms with Crippen LogP contribution in [0.1, 0.15) is 17.2 Å². The Morgan fingerprint density at radius 1 is 1.15 bits per heavy atom. The molecule has 0 amide bonds. The summed E-state index contributed by atoms with van der Waals surface area (Å²) in [6, 6.07) is 16.5. The molecule has 1 radical (unpaired) electrons. The van der Waals surface area contributed by atoms with E-state index in [4.69, 9.17) is 15.9 Å². The van der Waals surface area contributed by atoms with Crippen LogP contribution in [0.3, 0.4) is 0 Å². The summed E-state index contributed by atoms with van der Waals surface area (Å²) >= 11 is 0. The number of guanidine groups is 1. The summed E-state index contributed by atoms with van der Waals surface area (Å²) in [6.45, 7) is 1.49. The topological polar surface area (TPSA) is 88.2 Å². The van der Waals surface area contributed by atoms with E-state index in [0.717, 1.165) is 11.1 Å². The summed E-state index contributed by atoms with van der Waals surface area (Å²) < 4.78 is 5.06. The molecule has 0 saturated heterocycles. The summed E-state index contributed by atoms with van der Waals surface area (Å²) in [5, 5.41) is 9.93. The third kappa shape index (κ3) is 3.35. The quantitative estimate of drug-likeness (QED) is 0.572. The van der Waals surface area contributed by atoms with Gasteiger partial charge in [0.25, 0.3) is 0 Å². The van der Waals surface area contributed by atoms with Gasteiger partial charge in [0.05, 0.1) is 0 Å². The Balaban J connectivity index is 2.34. The third-order valence-electron chi connectivity index (χ3n) is 2.74. The molecule has 0 heterocycles. The van der Waals surface area contributed by atoms with Gasteiger partial charge in [0.15, 0.2) is 12.1 Å². The summed E-state index contributed by atoms with van der Waals surface area (Å²) in [5.74, 6) is -0.152. The predicted molar refractivity (Wildman–Crippen MR) is 77.0 cm³/mol. The van der Waals surface area contributed by atoms with Crippen LogP contribution in [0.15, 0.2) is 54.6 Å². The van der Waals surface area contributed by atoms with Gasteiger partial charge in [-0.2, -0.15) is 0 Å². The number of anilines is 1. The molecular formula is C15H14N3O2. The van der Waals surface area contributed by atoms with Gasteiger partial charge in [-0.3, -0.25) is 5.41 Å². The zero-order valence-corrected chi connectivity index (χ0v) is 10.7. The molecule has 0 saturated carbocycles. The van der Waals surface area contributed by atoms with Crippen LogP contribution in [0.4, 0.5) is 5.69 Å². The van der Waals surface area contributed by atoms with Crippen molar-refractivity contribution in [1.29, 1.82) is 5.41 Å². The molecule has 5 nitrogen and oxygen atoms in total. The lowest BCUT2D eigenvalue weighted by atomic mass is 10.0. The zero-order chi connectivity index (χ0) is 14.4. The van der Waals surface area contributed by atoms with E-state index in [1.807, 2.05) is 36.4 Å². The van der Waals surface area contributed by atoms with Crippen LogP contribution in [0, 0.1) is 5.41 Å². The fourth-order valence-electron chi connectivity index (χ4n) is 1.94. The van der Waals surface area contributed by atoms with Crippen molar-refractivity contribution in [2.45, 2.75) is 6.10 Å². The molecule has 1 atom stereocenters. The zero-order valence-electron chi connectivity index (χ0n) is 10.7. The first kappa shape index (κ1) is 13.6. The van der Waals surface area contributed by atoms with Gasteiger partial charge in [0, 0.05) is 5.69 Å². The van der Waals surface area contributed by atoms with E-state index in [9.17, 15) is 4.79 Å². The highest BCUT2D eigenvalue weighted by Crippen LogP contribution is 2.27. The predicted octanol–water partition coefficient (Wildman–Crippen LogP) is 2.17. The molecule has 101 valence electrons. The van der Waals surface area contributed by atoms with E-state index in [-0.39, 0.29) is 5.96 Å². The van der Waals surface area contributed by atoms with Crippen molar-refractivity contribution in [3.63, 3.8) is 0 Å². The lowest BCUT2D eigenvalue weighted by Crippen LogP contribution is -2.20.